The van der Waals surface area contributed by atoms with Crippen LogP contribution >= 0.6 is 0 Å². The normalized spacial score (nSPS) is 12.5. The maximum Gasteiger partial charge on any atom is 0.200 e. The molecule has 9 nitrogen and oxygen atoms in total. The van der Waals surface area contributed by atoms with Crippen molar-refractivity contribution in [2.75, 3.05) is 0 Å². The van der Waals surface area contributed by atoms with Crippen molar-refractivity contribution in [2.24, 2.45) is 5.92 Å². The SMILES string of the molecule is Cc1cc(CC(C(=O)c2ccc(F)cc2)C(CC(=O)c2c(O)cc(O)cc2O)c2cc(O)c(O)c(O)c2)cc(C)c1O. The zero-order valence-electron chi connectivity index (χ0n) is 22.7. The molecule has 7 N–H and O–H groups in total. The number of rotatable bonds is 9. The van der Waals surface area contributed by atoms with Gasteiger partial charge in [0.05, 0.1) is 0 Å². The first-order valence-electron chi connectivity index (χ1n) is 12.9. The van der Waals surface area contributed by atoms with Gasteiger partial charge in [-0.2, -0.15) is 0 Å². The lowest BCUT2D eigenvalue weighted by molar-refractivity contribution is 0.0873. The van der Waals surface area contributed by atoms with Crippen molar-refractivity contribution < 1.29 is 49.7 Å². The molecule has 0 bridgehead atoms. The van der Waals surface area contributed by atoms with Crippen molar-refractivity contribution in [1.29, 1.82) is 0 Å². The second-order valence-corrected chi connectivity index (χ2v) is 10.3. The number of aryl methyl sites for hydroxylation is 2. The molecule has 4 aromatic rings. The molecule has 0 aliphatic carbocycles. The summed E-state index contributed by atoms with van der Waals surface area (Å²) in [6.45, 7) is 3.35. The van der Waals surface area contributed by atoms with E-state index >= 15 is 0 Å². The smallest absolute Gasteiger partial charge is 0.200 e. The van der Waals surface area contributed by atoms with Crippen LogP contribution in [0.2, 0.25) is 0 Å². The van der Waals surface area contributed by atoms with Crippen LogP contribution in [0.1, 0.15) is 55.3 Å². The van der Waals surface area contributed by atoms with E-state index in [1.807, 2.05) is 0 Å². The molecule has 0 aromatic heterocycles. The Bertz CT molecular complexity index is 1610. The minimum atomic E-state index is -1.14. The lowest BCUT2D eigenvalue weighted by atomic mass is 9.74. The first-order chi connectivity index (χ1) is 19.8. The molecule has 0 aliphatic rings. The van der Waals surface area contributed by atoms with Gasteiger partial charge in [0.2, 0.25) is 0 Å². The monoisotopic (exact) mass is 576 g/mol. The molecule has 10 heteroatoms. The van der Waals surface area contributed by atoms with Gasteiger partial charge in [0, 0.05) is 36.0 Å². The fourth-order valence-electron chi connectivity index (χ4n) is 5.18. The van der Waals surface area contributed by atoms with Crippen LogP contribution in [0.4, 0.5) is 4.39 Å². The number of phenols is 7. The third-order valence-electron chi connectivity index (χ3n) is 7.24. The molecule has 0 saturated heterocycles. The highest BCUT2D eigenvalue weighted by molar-refractivity contribution is 6.03. The number of hydrogen-bond acceptors (Lipinski definition) is 9. The average molecular weight is 577 g/mol. The van der Waals surface area contributed by atoms with E-state index in [1.165, 1.54) is 12.1 Å². The summed E-state index contributed by atoms with van der Waals surface area (Å²) in [7, 11) is 0. The summed E-state index contributed by atoms with van der Waals surface area (Å²) in [5.74, 6) is -8.30. The number of carbonyl (C=O) groups excluding carboxylic acids is 2. The standard InChI is InChI=1S/C32H29FO9/c1-15-7-17(8-16(2)30(15)40)9-23(31(41)18-3-5-20(33)6-4-18)22(19-10-27(38)32(42)28(39)11-19)14-26(37)29-24(35)12-21(34)13-25(29)36/h3-8,10-13,22-23,34-36,38-40,42H,9,14H2,1-2H3. The average Bonchev–Trinajstić information content (AvgIpc) is 2.91. The predicted octanol–water partition coefficient (Wildman–Crippen LogP) is 5.48. The van der Waals surface area contributed by atoms with Gasteiger partial charge in [0.25, 0.3) is 0 Å². The molecule has 0 saturated carbocycles. The Labute approximate surface area is 240 Å². The summed E-state index contributed by atoms with van der Waals surface area (Å²) >= 11 is 0. The van der Waals surface area contributed by atoms with Crippen LogP contribution < -0.4 is 0 Å². The number of ketones is 2. The summed E-state index contributed by atoms with van der Waals surface area (Å²) in [6, 6.07) is 12.0. The highest BCUT2D eigenvalue weighted by atomic mass is 19.1. The third-order valence-corrected chi connectivity index (χ3v) is 7.24. The number of carbonyl (C=O) groups is 2. The predicted molar refractivity (Wildman–Crippen MR) is 150 cm³/mol. The van der Waals surface area contributed by atoms with Crippen LogP contribution in [-0.4, -0.2) is 47.3 Å². The van der Waals surface area contributed by atoms with Crippen LogP contribution in [0.25, 0.3) is 0 Å². The molecular formula is C32H29FO9. The number of phenolic OH excluding ortho intramolecular Hbond substituents is 7. The second-order valence-electron chi connectivity index (χ2n) is 10.3. The summed E-state index contributed by atoms with van der Waals surface area (Å²) in [5, 5.41) is 71.2. The van der Waals surface area contributed by atoms with Crippen LogP contribution in [0, 0.1) is 25.6 Å². The Balaban J connectivity index is 1.91. The minimum absolute atomic E-state index is 0.0218. The van der Waals surface area contributed by atoms with E-state index in [-0.39, 0.29) is 23.3 Å². The van der Waals surface area contributed by atoms with Crippen LogP contribution in [-0.2, 0) is 6.42 Å². The molecule has 4 rings (SSSR count). The molecule has 0 aliphatic heterocycles. The number of aromatic hydroxyl groups is 7. The van der Waals surface area contributed by atoms with Crippen molar-refractivity contribution in [3.8, 4) is 40.2 Å². The number of Topliss-reactive ketones (excluding diaryl/α,β-unsaturated/α-hetero) is 2. The topological polar surface area (TPSA) is 176 Å². The Morgan fingerprint density at radius 2 is 1.24 bits per heavy atom. The highest BCUT2D eigenvalue weighted by Crippen LogP contribution is 2.44. The van der Waals surface area contributed by atoms with E-state index in [4.69, 9.17) is 0 Å². The Morgan fingerprint density at radius 1 is 0.714 bits per heavy atom. The van der Waals surface area contributed by atoms with Gasteiger partial charge in [-0.15, -0.1) is 0 Å². The van der Waals surface area contributed by atoms with E-state index in [9.17, 15) is 49.7 Å². The van der Waals surface area contributed by atoms with Crippen molar-refractivity contribution in [2.45, 2.75) is 32.6 Å². The van der Waals surface area contributed by atoms with Gasteiger partial charge in [-0.05, 0) is 78.9 Å². The van der Waals surface area contributed by atoms with Gasteiger partial charge >= 0.3 is 0 Å². The molecule has 218 valence electrons. The van der Waals surface area contributed by atoms with Crippen molar-refractivity contribution in [3.63, 3.8) is 0 Å². The summed E-state index contributed by atoms with van der Waals surface area (Å²) in [6.07, 6.45) is -0.574. The third kappa shape index (κ3) is 6.07. The molecule has 0 fully saturated rings. The van der Waals surface area contributed by atoms with E-state index in [1.54, 1.807) is 26.0 Å². The van der Waals surface area contributed by atoms with Gasteiger partial charge in [0.1, 0.15) is 34.4 Å². The zero-order chi connectivity index (χ0) is 30.9. The van der Waals surface area contributed by atoms with Crippen LogP contribution in [0.15, 0.2) is 60.7 Å². The molecule has 42 heavy (non-hydrogen) atoms. The molecule has 0 heterocycles. The molecule has 2 unspecified atom stereocenters. The quantitative estimate of drug-likeness (QED) is 0.100. The van der Waals surface area contributed by atoms with Crippen molar-refractivity contribution in [3.05, 3.63) is 99.9 Å². The first-order valence-corrected chi connectivity index (χ1v) is 12.9. The van der Waals surface area contributed by atoms with Crippen molar-refractivity contribution >= 4 is 11.6 Å². The summed E-state index contributed by atoms with van der Waals surface area (Å²) < 4.78 is 13.7. The largest absolute Gasteiger partial charge is 0.508 e. The molecule has 4 aromatic carbocycles. The lowest BCUT2D eigenvalue weighted by Gasteiger charge is -2.28. The number of benzene rings is 4. The molecule has 0 spiro atoms. The zero-order valence-corrected chi connectivity index (χ0v) is 22.7. The van der Waals surface area contributed by atoms with Gasteiger partial charge in [0.15, 0.2) is 28.8 Å². The molecule has 2 atom stereocenters. The van der Waals surface area contributed by atoms with E-state index in [0.29, 0.717) is 16.7 Å². The first kappa shape index (κ1) is 29.7. The number of hydrogen-bond donors (Lipinski definition) is 7. The van der Waals surface area contributed by atoms with E-state index < -0.39 is 75.7 Å². The second kappa shape index (κ2) is 11.7. The fourth-order valence-corrected chi connectivity index (χ4v) is 5.18. The van der Waals surface area contributed by atoms with E-state index in [0.717, 1.165) is 36.4 Å². The minimum Gasteiger partial charge on any atom is -0.508 e. The van der Waals surface area contributed by atoms with E-state index in [2.05, 4.69) is 0 Å². The van der Waals surface area contributed by atoms with Crippen LogP contribution in [0.3, 0.4) is 0 Å². The molecule has 0 amide bonds. The molecular weight excluding hydrogens is 547 g/mol. The number of halogens is 1. The van der Waals surface area contributed by atoms with Gasteiger partial charge in [-0.1, -0.05) is 12.1 Å². The Kier molecular flexibility index (Phi) is 8.28. The lowest BCUT2D eigenvalue weighted by Crippen LogP contribution is -2.27. The van der Waals surface area contributed by atoms with Gasteiger partial charge in [-0.25, -0.2) is 4.39 Å². The maximum absolute atomic E-state index is 14.1. The Hall–Kier alpha value is -5.25. The Morgan fingerprint density at radius 3 is 1.76 bits per heavy atom. The molecule has 0 radical (unpaired) electrons. The summed E-state index contributed by atoms with van der Waals surface area (Å²) in [4.78, 5) is 27.6. The summed E-state index contributed by atoms with van der Waals surface area (Å²) in [5.41, 5.74) is 1.32. The van der Waals surface area contributed by atoms with Gasteiger partial charge < -0.3 is 35.7 Å². The highest BCUT2D eigenvalue weighted by Gasteiger charge is 2.35. The van der Waals surface area contributed by atoms with Crippen LogP contribution in [0.5, 0.6) is 40.2 Å². The maximum atomic E-state index is 14.1. The fraction of sp³-hybridized carbons (Fsp3) is 0.188. The van der Waals surface area contributed by atoms with Gasteiger partial charge in [-0.3, -0.25) is 9.59 Å². The van der Waals surface area contributed by atoms with Crippen molar-refractivity contribution in [1.82, 2.24) is 0 Å².